The van der Waals surface area contributed by atoms with Crippen molar-refractivity contribution in [1.29, 1.82) is 0 Å². The van der Waals surface area contributed by atoms with Gasteiger partial charge in [0, 0.05) is 11.1 Å². The fourth-order valence-electron chi connectivity index (χ4n) is 4.19. The summed E-state index contributed by atoms with van der Waals surface area (Å²) in [7, 11) is 0. The van der Waals surface area contributed by atoms with Crippen LogP contribution < -0.4 is 5.32 Å². The molecule has 3 aliphatic rings. The van der Waals surface area contributed by atoms with Gasteiger partial charge in [0.05, 0.1) is 0 Å². The number of nitrogens with zero attached hydrogens (tertiary/aromatic N) is 1. The molecule has 2 fully saturated rings. The van der Waals surface area contributed by atoms with Gasteiger partial charge in [0.2, 0.25) is 0 Å². The predicted molar refractivity (Wildman–Crippen MR) is 102 cm³/mol. The van der Waals surface area contributed by atoms with Gasteiger partial charge in [-0.15, -0.1) is 0 Å². The molecule has 1 amide bonds. The van der Waals surface area contributed by atoms with Gasteiger partial charge in [-0.1, -0.05) is 39.5 Å². The Bertz CT molecular complexity index is 625. The van der Waals surface area contributed by atoms with E-state index in [2.05, 4.69) is 12.2 Å². The van der Waals surface area contributed by atoms with Crippen LogP contribution in [0.5, 0.6) is 0 Å². The number of amidine groups is 1. The van der Waals surface area contributed by atoms with Crippen LogP contribution in [0.3, 0.4) is 0 Å². The summed E-state index contributed by atoms with van der Waals surface area (Å²) in [5, 5.41) is 2.99. The fraction of sp³-hybridized carbons (Fsp3) is 0.762. The highest BCUT2D eigenvalue weighted by Gasteiger charge is 2.45. The van der Waals surface area contributed by atoms with Crippen LogP contribution in [0.2, 0.25) is 0 Å². The molecule has 1 N–H and O–H groups in total. The summed E-state index contributed by atoms with van der Waals surface area (Å²) in [6, 6.07) is 0. The lowest BCUT2D eigenvalue weighted by Crippen LogP contribution is -2.41. The molecule has 1 aliphatic heterocycles. The first-order valence-corrected chi connectivity index (χ1v) is 10.4. The van der Waals surface area contributed by atoms with Gasteiger partial charge >= 0.3 is 5.97 Å². The zero-order valence-electron chi connectivity index (χ0n) is 16.4. The zero-order valence-corrected chi connectivity index (χ0v) is 16.4. The third-order valence-electron chi connectivity index (χ3n) is 5.99. The van der Waals surface area contributed by atoms with E-state index in [1.165, 1.54) is 6.42 Å². The molecule has 1 atom stereocenters. The Morgan fingerprint density at radius 3 is 2.54 bits per heavy atom. The molecule has 5 heteroatoms. The van der Waals surface area contributed by atoms with Gasteiger partial charge in [0.15, 0.2) is 0 Å². The molecule has 3 rings (SSSR count). The SMILES string of the molecule is CCC/C(C(=O)OC(C)C1CC1)=C(\CC)C1=NC2(CCCCC2)C(=O)N1. The van der Waals surface area contributed by atoms with Crippen molar-refractivity contribution in [2.75, 3.05) is 0 Å². The van der Waals surface area contributed by atoms with Crippen LogP contribution in [-0.4, -0.2) is 29.4 Å². The van der Waals surface area contributed by atoms with Crippen molar-refractivity contribution < 1.29 is 14.3 Å². The first-order valence-electron chi connectivity index (χ1n) is 10.4. The number of ether oxygens (including phenoxy) is 1. The minimum Gasteiger partial charge on any atom is -0.459 e. The van der Waals surface area contributed by atoms with Crippen molar-refractivity contribution in [3.63, 3.8) is 0 Å². The second kappa shape index (κ2) is 7.93. The molecule has 1 unspecified atom stereocenters. The Kier molecular flexibility index (Phi) is 5.83. The number of hydrogen-bond donors (Lipinski definition) is 1. The maximum atomic E-state index is 12.8. The molecule has 0 aromatic carbocycles. The summed E-state index contributed by atoms with van der Waals surface area (Å²) in [6.45, 7) is 6.06. The Balaban J connectivity index is 1.87. The van der Waals surface area contributed by atoms with E-state index in [1.54, 1.807) is 0 Å². The molecule has 0 aromatic rings. The van der Waals surface area contributed by atoms with Crippen LogP contribution in [0.4, 0.5) is 0 Å². The predicted octanol–water partition coefficient (Wildman–Crippen LogP) is 4.07. The molecule has 5 nitrogen and oxygen atoms in total. The molecule has 0 bridgehead atoms. The lowest BCUT2D eigenvalue weighted by molar-refractivity contribution is -0.144. The molecular formula is C21H32N2O3. The Labute approximate surface area is 156 Å². The van der Waals surface area contributed by atoms with Gasteiger partial charge in [-0.3, -0.25) is 9.79 Å². The summed E-state index contributed by atoms with van der Waals surface area (Å²) < 4.78 is 5.73. The van der Waals surface area contributed by atoms with Crippen molar-refractivity contribution in [2.45, 2.75) is 96.6 Å². The summed E-state index contributed by atoms with van der Waals surface area (Å²) in [6.07, 6.45) is 9.31. The quantitative estimate of drug-likeness (QED) is 0.550. The molecule has 1 heterocycles. The number of amides is 1. The molecular weight excluding hydrogens is 328 g/mol. The molecule has 2 saturated carbocycles. The zero-order chi connectivity index (χ0) is 18.7. The summed E-state index contributed by atoms with van der Waals surface area (Å²) >= 11 is 0. The number of hydrogen-bond acceptors (Lipinski definition) is 4. The van der Waals surface area contributed by atoms with Crippen LogP contribution >= 0.6 is 0 Å². The number of carbonyl (C=O) groups is 2. The molecule has 0 aromatic heterocycles. The number of esters is 1. The number of aliphatic imine (C=N–C) groups is 1. The fourth-order valence-corrected chi connectivity index (χ4v) is 4.19. The number of rotatable bonds is 7. The Morgan fingerprint density at radius 1 is 1.27 bits per heavy atom. The largest absolute Gasteiger partial charge is 0.459 e. The first-order chi connectivity index (χ1) is 12.5. The molecule has 0 radical (unpaired) electrons. The molecule has 144 valence electrons. The van der Waals surface area contributed by atoms with E-state index >= 15 is 0 Å². The number of carbonyl (C=O) groups excluding carboxylic acids is 2. The second-order valence-corrected chi connectivity index (χ2v) is 8.02. The van der Waals surface area contributed by atoms with Gasteiger partial charge in [-0.05, 0) is 51.4 Å². The average molecular weight is 360 g/mol. The van der Waals surface area contributed by atoms with E-state index in [0.29, 0.717) is 30.2 Å². The first kappa shape index (κ1) is 19.1. The third-order valence-corrected chi connectivity index (χ3v) is 5.99. The van der Waals surface area contributed by atoms with Gasteiger partial charge in [-0.2, -0.15) is 0 Å². The van der Waals surface area contributed by atoms with Crippen molar-refractivity contribution >= 4 is 17.7 Å². The summed E-state index contributed by atoms with van der Waals surface area (Å²) in [5.74, 6) is 0.901. The highest BCUT2D eigenvalue weighted by Crippen LogP contribution is 2.37. The van der Waals surface area contributed by atoms with Crippen LogP contribution in [0.25, 0.3) is 0 Å². The average Bonchev–Trinajstić information content (AvgIpc) is 3.43. The van der Waals surface area contributed by atoms with Crippen molar-refractivity contribution in [1.82, 2.24) is 5.32 Å². The van der Waals surface area contributed by atoms with Crippen LogP contribution in [0.1, 0.15) is 85.0 Å². The van der Waals surface area contributed by atoms with Crippen molar-refractivity contribution in [3.8, 4) is 0 Å². The maximum Gasteiger partial charge on any atom is 0.334 e. The van der Waals surface area contributed by atoms with E-state index in [1.807, 2.05) is 13.8 Å². The Morgan fingerprint density at radius 2 is 1.96 bits per heavy atom. The third kappa shape index (κ3) is 3.86. The molecule has 0 saturated heterocycles. The minimum atomic E-state index is -0.601. The van der Waals surface area contributed by atoms with E-state index in [4.69, 9.17) is 9.73 Å². The van der Waals surface area contributed by atoms with E-state index in [0.717, 1.165) is 50.5 Å². The van der Waals surface area contributed by atoms with E-state index < -0.39 is 5.54 Å². The normalized spacial score (nSPS) is 24.0. The van der Waals surface area contributed by atoms with Crippen LogP contribution in [0.15, 0.2) is 16.1 Å². The summed E-state index contributed by atoms with van der Waals surface area (Å²) in [4.78, 5) is 30.3. The maximum absolute atomic E-state index is 12.8. The minimum absolute atomic E-state index is 0.00807. The van der Waals surface area contributed by atoms with Gasteiger partial charge < -0.3 is 10.1 Å². The van der Waals surface area contributed by atoms with Gasteiger partial charge in [-0.25, -0.2) is 4.79 Å². The Hall–Kier alpha value is -1.65. The second-order valence-electron chi connectivity index (χ2n) is 8.02. The highest BCUT2D eigenvalue weighted by molar-refractivity contribution is 6.17. The smallest absolute Gasteiger partial charge is 0.334 e. The van der Waals surface area contributed by atoms with Crippen LogP contribution in [0, 0.1) is 5.92 Å². The van der Waals surface area contributed by atoms with E-state index in [-0.39, 0.29) is 18.0 Å². The van der Waals surface area contributed by atoms with Crippen molar-refractivity contribution in [3.05, 3.63) is 11.1 Å². The highest BCUT2D eigenvalue weighted by atomic mass is 16.5. The van der Waals surface area contributed by atoms with Crippen LogP contribution in [-0.2, 0) is 14.3 Å². The van der Waals surface area contributed by atoms with E-state index in [9.17, 15) is 9.59 Å². The monoisotopic (exact) mass is 360 g/mol. The number of nitrogens with one attached hydrogen (secondary N) is 1. The standard InChI is InChI=1S/C21H32N2O3/c1-4-9-17(19(24)26-14(3)15-10-11-15)16(5-2)18-22-20(25)21(23-18)12-7-6-8-13-21/h14-15H,4-13H2,1-3H3,(H,22,23,25)/b17-16-. The molecule has 2 aliphatic carbocycles. The van der Waals surface area contributed by atoms with Gasteiger partial charge in [0.1, 0.15) is 17.5 Å². The molecule has 1 spiro atoms. The molecule has 26 heavy (non-hydrogen) atoms. The van der Waals surface area contributed by atoms with Crippen molar-refractivity contribution in [2.24, 2.45) is 10.9 Å². The topological polar surface area (TPSA) is 67.8 Å². The summed E-state index contributed by atoms with van der Waals surface area (Å²) in [5.41, 5.74) is 0.946. The van der Waals surface area contributed by atoms with Gasteiger partial charge in [0.25, 0.3) is 5.91 Å². The lowest BCUT2D eigenvalue weighted by Gasteiger charge is -2.27. The lowest BCUT2D eigenvalue weighted by atomic mass is 9.82.